The molecule has 0 aliphatic heterocycles. The van der Waals surface area contributed by atoms with Gasteiger partial charge in [0, 0.05) is 17.8 Å². The van der Waals surface area contributed by atoms with Crippen LogP contribution in [0.4, 0.5) is 0 Å². The van der Waals surface area contributed by atoms with Crippen molar-refractivity contribution in [3.63, 3.8) is 0 Å². The van der Waals surface area contributed by atoms with Crippen LogP contribution in [0.5, 0.6) is 11.6 Å². The van der Waals surface area contributed by atoms with E-state index in [1.807, 2.05) is 25.1 Å². The quantitative estimate of drug-likeness (QED) is 0.616. The van der Waals surface area contributed by atoms with Crippen molar-refractivity contribution in [2.24, 2.45) is 5.73 Å². The molecule has 0 fully saturated rings. The zero-order valence-corrected chi connectivity index (χ0v) is 14.6. The van der Waals surface area contributed by atoms with Gasteiger partial charge in [0.1, 0.15) is 11.9 Å². The number of hydrogen-bond acceptors (Lipinski definition) is 6. The Hall–Kier alpha value is -3.29. The largest absolute Gasteiger partial charge is 0.439 e. The highest BCUT2D eigenvalue weighted by molar-refractivity contribution is 5.79. The maximum Gasteiger partial charge on any atom is 0.249 e. The number of hydrogen-bond donors (Lipinski definition) is 3. The maximum atomic E-state index is 11.0. The summed E-state index contributed by atoms with van der Waals surface area (Å²) in [4.78, 5) is 19.5. The van der Waals surface area contributed by atoms with E-state index in [1.54, 1.807) is 36.5 Å². The van der Waals surface area contributed by atoms with E-state index in [2.05, 4.69) is 9.97 Å². The molecule has 2 heterocycles. The lowest BCUT2D eigenvalue weighted by Gasteiger charge is -2.15. The van der Waals surface area contributed by atoms with Crippen molar-refractivity contribution in [2.45, 2.75) is 19.1 Å². The fourth-order valence-corrected chi connectivity index (χ4v) is 2.42. The van der Waals surface area contributed by atoms with E-state index in [1.165, 1.54) is 6.07 Å². The fourth-order valence-electron chi connectivity index (χ4n) is 2.42. The van der Waals surface area contributed by atoms with Gasteiger partial charge in [-0.15, -0.1) is 0 Å². The third kappa shape index (κ3) is 4.46. The van der Waals surface area contributed by atoms with Crippen LogP contribution in [-0.2, 0) is 4.79 Å². The van der Waals surface area contributed by atoms with Gasteiger partial charge >= 0.3 is 0 Å². The van der Waals surface area contributed by atoms with Crippen molar-refractivity contribution < 1.29 is 19.7 Å². The number of pyridine rings is 2. The van der Waals surface area contributed by atoms with Crippen molar-refractivity contribution in [3.8, 4) is 22.9 Å². The topological polar surface area (TPSA) is 119 Å². The lowest BCUT2D eigenvalue weighted by molar-refractivity contribution is -0.132. The van der Waals surface area contributed by atoms with Crippen molar-refractivity contribution in [2.75, 3.05) is 0 Å². The van der Waals surface area contributed by atoms with E-state index in [0.29, 0.717) is 17.3 Å². The molecule has 0 saturated carbocycles. The van der Waals surface area contributed by atoms with Gasteiger partial charge in [0.2, 0.25) is 11.8 Å². The third-order valence-corrected chi connectivity index (χ3v) is 3.92. The van der Waals surface area contributed by atoms with E-state index in [9.17, 15) is 15.0 Å². The van der Waals surface area contributed by atoms with Gasteiger partial charge in [0.15, 0.2) is 6.10 Å². The Kier molecular flexibility index (Phi) is 5.44. The standard InChI is InChI=1S/C20H19N3O4/c1-12-5-10-17(22-11-12)27-14-8-6-13(7-9-14)15-3-2-4-16(23-15)18(24)19(25)20(21)26/h2-11,18-19,24-25H,1H3,(H2,21,26)/t18-,19+/m1/s1. The predicted octanol–water partition coefficient (Wildman–Crippen LogP) is 2.12. The Labute approximate surface area is 156 Å². The summed E-state index contributed by atoms with van der Waals surface area (Å²) in [5.74, 6) is 0.105. The average Bonchev–Trinajstić information content (AvgIpc) is 2.69. The van der Waals surface area contributed by atoms with Crippen LogP contribution < -0.4 is 10.5 Å². The van der Waals surface area contributed by atoms with Crippen LogP contribution in [0.1, 0.15) is 17.4 Å². The zero-order chi connectivity index (χ0) is 19.4. The molecule has 0 radical (unpaired) electrons. The number of carbonyl (C=O) groups excluding carboxylic acids is 1. The van der Waals surface area contributed by atoms with Crippen LogP contribution in [0.3, 0.4) is 0 Å². The zero-order valence-electron chi connectivity index (χ0n) is 14.6. The molecule has 138 valence electrons. The maximum absolute atomic E-state index is 11.0. The molecular weight excluding hydrogens is 346 g/mol. The number of carbonyl (C=O) groups is 1. The molecule has 2 atom stereocenters. The lowest BCUT2D eigenvalue weighted by atomic mass is 10.1. The number of amides is 1. The number of nitrogens with two attached hydrogens (primary N) is 1. The van der Waals surface area contributed by atoms with Crippen LogP contribution in [-0.4, -0.2) is 32.2 Å². The highest BCUT2D eigenvalue weighted by Gasteiger charge is 2.24. The van der Waals surface area contributed by atoms with E-state index < -0.39 is 18.1 Å². The Balaban J connectivity index is 1.78. The van der Waals surface area contributed by atoms with E-state index in [4.69, 9.17) is 10.5 Å². The summed E-state index contributed by atoms with van der Waals surface area (Å²) in [6.07, 6.45) is -1.48. The molecule has 0 aliphatic rings. The molecule has 4 N–H and O–H groups in total. The molecule has 7 heteroatoms. The van der Waals surface area contributed by atoms with Gasteiger partial charge in [-0.1, -0.05) is 12.1 Å². The molecule has 1 amide bonds. The molecule has 0 bridgehead atoms. The Morgan fingerprint density at radius 1 is 1.07 bits per heavy atom. The molecule has 7 nitrogen and oxygen atoms in total. The number of rotatable bonds is 6. The smallest absolute Gasteiger partial charge is 0.249 e. The number of aliphatic hydroxyl groups is 2. The molecule has 3 aromatic rings. The summed E-state index contributed by atoms with van der Waals surface area (Å²) in [5.41, 5.74) is 7.57. The van der Waals surface area contributed by atoms with Gasteiger partial charge in [-0.05, 0) is 48.9 Å². The predicted molar refractivity (Wildman–Crippen MR) is 98.9 cm³/mol. The number of primary amides is 1. The van der Waals surface area contributed by atoms with Crippen molar-refractivity contribution in [1.29, 1.82) is 0 Å². The van der Waals surface area contributed by atoms with Gasteiger partial charge in [0.25, 0.3) is 0 Å². The molecule has 3 rings (SSSR count). The van der Waals surface area contributed by atoms with Gasteiger partial charge in [-0.25, -0.2) is 9.97 Å². The summed E-state index contributed by atoms with van der Waals surface area (Å²) in [6.45, 7) is 1.95. The van der Waals surface area contributed by atoms with Crippen LogP contribution >= 0.6 is 0 Å². The second-order valence-corrected chi connectivity index (χ2v) is 6.04. The minimum atomic E-state index is -1.72. The molecular formula is C20H19N3O4. The second kappa shape index (κ2) is 7.94. The molecule has 27 heavy (non-hydrogen) atoms. The molecule has 0 saturated heterocycles. The number of aliphatic hydroxyl groups excluding tert-OH is 2. The minimum absolute atomic E-state index is 0.156. The summed E-state index contributed by atoms with van der Waals surface area (Å²) in [5, 5.41) is 19.6. The first-order valence-electron chi connectivity index (χ1n) is 8.27. The molecule has 2 aromatic heterocycles. The number of nitrogens with zero attached hydrogens (tertiary/aromatic N) is 2. The first-order chi connectivity index (χ1) is 12.9. The van der Waals surface area contributed by atoms with Gasteiger partial charge < -0.3 is 20.7 Å². The van der Waals surface area contributed by atoms with Crippen molar-refractivity contribution in [1.82, 2.24) is 9.97 Å². The number of aryl methyl sites for hydroxylation is 1. The second-order valence-electron chi connectivity index (χ2n) is 6.04. The van der Waals surface area contributed by atoms with Gasteiger partial charge in [-0.2, -0.15) is 0 Å². The van der Waals surface area contributed by atoms with E-state index >= 15 is 0 Å². The molecule has 1 aromatic carbocycles. The lowest BCUT2D eigenvalue weighted by Crippen LogP contribution is -2.34. The first kappa shape index (κ1) is 18.5. The number of ether oxygens (including phenoxy) is 1. The number of benzene rings is 1. The Morgan fingerprint density at radius 3 is 2.44 bits per heavy atom. The fraction of sp³-hybridized carbons (Fsp3) is 0.150. The monoisotopic (exact) mass is 365 g/mol. The molecule has 0 aliphatic carbocycles. The van der Waals surface area contributed by atoms with Crippen LogP contribution in [0.15, 0.2) is 60.8 Å². The van der Waals surface area contributed by atoms with Gasteiger partial charge in [0.05, 0.1) is 11.4 Å². The van der Waals surface area contributed by atoms with E-state index in [-0.39, 0.29) is 5.69 Å². The van der Waals surface area contributed by atoms with Crippen LogP contribution in [0, 0.1) is 6.92 Å². The molecule has 0 unspecified atom stereocenters. The number of aromatic nitrogens is 2. The first-order valence-corrected chi connectivity index (χ1v) is 8.27. The highest BCUT2D eigenvalue weighted by Crippen LogP contribution is 2.25. The van der Waals surface area contributed by atoms with Crippen LogP contribution in [0.2, 0.25) is 0 Å². The van der Waals surface area contributed by atoms with E-state index in [0.717, 1.165) is 11.1 Å². The summed E-state index contributed by atoms with van der Waals surface area (Å²) in [6, 6.07) is 15.8. The van der Waals surface area contributed by atoms with Crippen molar-refractivity contribution in [3.05, 3.63) is 72.1 Å². The highest BCUT2D eigenvalue weighted by atomic mass is 16.5. The van der Waals surface area contributed by atoms with Crippen molar-refractivity contribution >= 4 is 5.91 Å². The summed E-state index contributed by atoms with van der Waals surface area (Å²) < 4.78 is 5.69. The van der Waals surface area contributed by atoms with Crippen LogP contribution in [0.25, 0.3) is 11.3 Å². The Bertz CT molecular complexity index is 927. The summed E-state index contributed by atoms with van der Waals surface area (Å²) in [7, 11) is 0. The minimum Gasteiger partial charge on any atom is -0.439 e. The summed E-state index contributed by atoms with van der Waals surface area (Å²) >= 11 is 0. The SMILES string of the molecule is Cc1ccc(Oc2ccc(-c3cccc([C@@H](O)[C@H](O)C(N)=O)n3)cc2)nc1. The van der Waals surface area contributed by atoms with Gasteiger partial charge in [-0.3, -0.25) is 4.79 Å². The third-order valence-electron chi connectivity index (χ3n) is 3.92. The Morgan fingerprint density at radius 2 is 1.81 bits per heavy atom. The normalized spacial score (nSPS) is 13.0. The average molecular weight is 365 g/mol. The molecule has 0 spiro atoms.